The maximum Gasteiger partial charge on any atom is 0.256 e. The van der Waals surface area contributed by atoms with Crippen molar-refractivity contribution in [3.63, 3.8) is 0 Å². The molecule has 0 spiro atoms. The lowest BCUT2D eigenvalue weighted by Gasteiger charge is -2.10. The molecule has 0 atom stereocenters. The van der Waals surface area contributed by atoms with Crippen LogP contribution in [0.3, 0.4) is 0 Å². The van der Waals surface area contributed by atoms with E-state index >= 15 is 0 Å². The second-order valence-electron chi connectivity index (χ2n) is 6.76. The van der Waals surface area contributed by atoms with E-state index in [2.05, 4.69) is 16.5 Å². The van der Waals surface area contributed by atoms with Crippen LogP contribution in [0.25, 0.3) is 22.3 Å². The van der Waals surface area contributed by atoms with Gasteiger partial charge in [-0.15, -0.1) is 0 Å². The Bertz CT molecular complexity index is 1130. The molecule has 5 heteroatoms. The van der Waals surface area contributed by atoms with Gasteiger partial charge in [0.25, 0.3) is 5.91 Å². The fraction of sp³-hybridized carbons (Fsp3) is 0.136. The third kappa shape index (κ3) is 3.31. The van der Waals surface area contributed by atoms with Crippen LogP contribution >= 0.6 is 0 Å². The molecule has 134 valence electrons. The van der Waals surface area contributed by atoms with Gasteiger partial charge in [-0.3, -0.25) is 9.48 Å². The van der Waals surface area contributed by atoms with Crippen LogP contribution in [0.4, 0.5) is 5.69 Å². The molecule has 0 saturated heterocycles. The number of rotatable bonds is 3. The number of carbonyl (C=O) groups excluding carboxylic acids is 1. The largest absolute Gasteiger partial charge is 0.322 e. The van der Waals surface area contributed by atoms with Crippen LogP contribution in [-0.4, -0.2) is 20.7 Å². The number of aromatic nitrogens is 3. The number of nitrogens with one attached hydrogen (secondary N) is 1. The first-order chi connectivity index (χ1) is 13.0. The minimum atomic E-state index is -0.169. The number of nitrogens with zero attached hydrogens (tertiary/aromatic N) is 3. The van der Waals surface area contributed by atoms with Gasteiger partial charge in [-0.2, -0.15) is 5.10 Å². The lowest BCUT2D eigenvalue weighted by atomic mass is 10.1. The molecule has 4 rings (SSSR count). The van der Waals surface area contributed by atoms with Crippen molar-refractivity contribution in [2.24, 2.45) is 7.05 Å². The summed E-state index contributed by atoms with van der Waals surface area (Å²) in [7, 11) is 1.83. The van der Waals surface area contributed by atoms with Crippen molar-refractivity contribution in [3.05, 3.63) is 77.5 Å². The Hall–Kier alpha value is -3.47. The summed E-state index contributed by atoms with van der Waals surface area (Å²) in [6.07, 6.45) is 1.69. The standard InChI is InChI=1S/C22H20N4O/c1-14-9-15(2)11-17(10-14)24-22(27)18-12-20(16-7-5-4-6-8-16)25-21-19(18)13-23-26(21)3/h4-13H,1-3H3,(H,24,27). The van der Waals surface area contributed by atoms with E-state index in [0.717, 1.165) is 33.5 Å². The second-order valence-corrected chi connectivity index (χ2v) is 6.76. The van der Waals surface area contributed by atoms with Gasteiger partial charge in [0, 0.05) is 18.3 Å². The highest BCUT2D eigenvalue weighted by Crippen LogP contribution is 2.25. The lowest BCUT2D eigenvalue weighted by molar-refractivity contribution is 0.102. The van der Waals surface area contributed by atoms with Gasteiger partial charge in [-0.25, -0.2) is 4.98 Å². The Labute approximate surface area is 157 Å². The third-order valence-corrected chi connectivity index (χ3v) is 4.50. The van der Waals surface area contributed by atoms with Gasteiger partial charge in [-0.1, -0.05) is 36.4 Å². The summed E-state index contributed by atoms with van der Waals surface area (Å²) in [6, 6.07) is 17.7. The first-order valence-corrected chi connectivity index (χ1v) is 8.79. The number of amides is 1. The minimum Gasteiger partial charge on any atom is -0.322 e. The van der Waals surface area contributed by atoms with E-state index in [1.807, 2.05) is 69.4 Å². The number of pyridine rings is 1. The number of hydrogen-bond acceptors (Lipinski definition) is 3. The fourth-order valence-electron chi connectivity index (χ4n) is 3.30. The number of carbonyl (C=O) groups is 1. The van der Waals surface area contributed by atoms with Crippen LogP contribution in [0.1, 0.15) is 21.5 Å². The molecule has 1 N–H and O–H groups in total. The van der Waals surface area contributed by atoms with Gasteiger partial charge < -0.3 is 5.32 Å². The highest BCUT2D eigenvalue weighted by atomic mass is 16.1. The molecule has 1 amide bonds. The molecule has 0 saturated carbocycles. The second kappa shape index (κ2) is 6.68. The summed E-state index contributed by atoms with van der Waals surface area (Å²) in [4.78, 5) is 17.8. The van der Waals surface area contributed by atoms with Crippen LogP contribution in [0.5, 0.6) is 0 Å². The molecular weight excluding hydrogens is 336 g/mol. The van der Waals surface area contributed by atoms with Gasteiger partial charge in [0.1, 0.15) is 0 Å². The molecule has 2 aromatic carbocycles. The van der Waals surface area contributed by atoms with E-state index in [4.69, 9.17) is 4.98 Å². The highest BCUT2D eigenvalue weighted by Gasteiger charge is 2.17. The molecule has 0 aliphatic carbocycles. The quantitative estimate of drug-likeness (QED) is 0.588. The normalized spacial score (nSPS) is 10.9. The zero-order valence-corrected chi connectivity index (χ0v) is 15.5. The monoisotopic (exact) mass is 356 g/mol. The van der Waals surface area contributed by atoms with Crippen LogP contribution < -0.4 is 5.32 Å². The maximum absolute atomic E-state index is 13.1. The molecule has 0 fully saturated rings. The zero-order valence-electron chi connectivity index (χ0n) is 15.5. The first kappa shape index (κ1) is 17.0. The number of hydrogen-bond donors (Lipinski definition) is 1. The van der Waals surface area contributed by atoms with Crippen LogP contribution in [0, 0.1) is 13.8 Å². The number of aryl methyl sites for hydroxylation is 3. The number of fused-ring (bicyclic) bond motifs is 1. The van der Waals surface area contributed by atoms with Crippen molar-refractivity contribution in [3.8, 4) is 11.3 Å². The lowest BCUT2D eigenvalue weighted by Crippen LogP contribution is -2.13. The molecule has 0 radical (unpaired) electrons. The Morgan fingerprint density at radius 1 is 1.00 bits per heavy atom. The van der Waals surface area contributed by atoms with E-state index in [0.29, 0.717) is 11.2 Å². The fourth-order valence-corrected chi connectivity index (χ4v) is 3.30. The SMILES string of the molecule is Cc1cc(C)cc(NC(=O)c2cc(-c3ccccc3)nc3c2cnn3C)c1. The molecule has 5 nitrogen and oxygen atoms in total. The first-order valence-electron chi connectivity index (χ1n) is 8.79. The van der Waals surface area contributed by atoms with Gasteiger partial charge in [0.05, 0.1) is 22.8 Å². The summed E-state index contributed by atoms with van der Waals surface area (Å²) >= 11 is 0. The third-order valence-electron chi connectivity index (χ3n) is 4.50. The van der Waals surface area contributed by atoms with Crippen molar-refractivity contribution in [2.75, 3.05) is 5.32 Å². The van der Waals surface area contributed by atoms with E-state index < -0.39 is 0 Å². The van der Waals surface area contributed by atoms with Gasteiger partial charge >= 0.3 is 0 Å². The van der Waals surface area contributed by atoms with E-state index in [1.165, 1.54) is 0 Å². The van der Waals surface area contributed by atoms with E-state index in [9.17, 15) is 4.79 Å². The molecule has 0 aliphatic heterocycles. The molecule has 27 heavy (non-hydrogen) atoms. The predicted octanol–water partition coefficient (Wildman–Crippen LogP) is 4.50. The minimum absolute atomic E-state index is 0.169. The predicted molar refractivity (Wildman–Crippen MR) is 108 cm³/mol. The van der Waals surface area contributed by atoms with Crippen LogP contribution in [0.15, 0.2) is 60.8 Å². The van der Waals surface area contributed by atoms with Crippen molar-refractivity contribution in [2.45, 2.75) is 13.8 Å². The Kier molecular flexibility index (Phi) is 4.20. The highest BCUT2D eigenvalue weighted by molar-refractivity contribution is 6.12. The summed E-state index contributed by atoms with van der Waals surface area (Å²) in [5.41, 5.74) is 5.95. The maximum atomic E-state index is 13.1. The van der Waals surface area contributed by atoms with Gasteiger partial charge in [0.15, 0.2) is 5.65 Å². The number of anilines is 1. The average Bonchev–Trinajstić information content (AvgIpc) is 3.02. The van der Waals surface area contributed by atoms with Crippen molar-refractivity contribution in [1.29, 1.82) is 0 Å². The van der Waals surface area contributed by atoms with E-state index in [1.54, 1.807) is 10.9 Å². The van der Waals surface area contributed by atoms with Crippen LogP contribution in [-0.2, 0) is 7.05 Å². The Morgan fingerprint density at radius 3 is 2.41 bits per heavy atom. The average molecular weight is 356 g/mol. The smallest absolute Gasteiger partial charge is 0.256 e. The zero-order chi connectivity index (χ0) is 19.0. The Morgan fingerprint density at radius 2 is 1.70 bits per heavy atom. The van der Waals surface area contributed by atoms with Gasteiger partial charge in [0.2, 0.25) is 0 Å². The summed E-state index contributed by atoms with van der Waals surface area (Å²) < 4.78 is 1.69. The van der Waals surface area contributed by atoms with E-state index in [-0.39, 0.29) is 5.91 Å². The molecule has 2 aromatic heterocycles. The molecule has 0 bridgehead atoms. The van der Waals surface area contributed by atoms with Crippen molar-refractivity contribution in [1.82, 2.24) is 14.8 Å². The number of benzene rings is 2. The molecule has 0 aliphatic rings. The van der Waals surface area contributed by atoms with Crippen LogP contribution in [0.2, 0.25) is 0 Å². The summed E-state index contributed by atoms with van der Waals surface area (Å²) in [5.74, 6) is -0.169. The summed E-state index contributed by atoms with van der Waals surface area (Å²) in [6.45, 7) is 4.03. The summed E-state index contributed by atoms with van der Waals surface area (Å²) in [5, 5.41) is 8.03. The Balaban J connectivity index is 1.81. The topological polar surface area (TPSA) is 59.8 Å². The van der Waals surface area contributed by atoms with Crippen molar-refractivity contribution >= 4 is 22.6 Å². The molecule has 0 unspecified atom stereocenters. The van der Waals surface area contributed by atoms with Crippen molar-refractivity contribution < 1.29 is 4.79 Å². The molecule has 2 heterocycles. The molecular formula is C22H20N4O. The van der Waals surface area contributed by atoms with Gasteiger partial charge in [-0.05, 0) is 43.2 Å². The molecule has 4 aromatic rings.